The number of aliphatic hydroxyl groups excluding tert-OH is 1. The summed E-state index contributed by atoms with van der Waals surface area (Å²) < 4.78 is 38.2. The molecule has 0 saturated heterocycles. The maximum atomic E-state index is 12.7. The maximum Gasteiger partial charge on any atom is 0.418 e. The molecule has 0 aliphatic heterocycles. The van der Waals surface area contributed by atoms with Gasteiger partial charge < -0.3 is 10.4 Å². The van der Waals surface area contributed by atoms with Crippen LogP contribution in [0.3, 0.4) is 0 Å². The normalized spacial score (nSPS) is 13.7. The Morgan fingerprint density at radius 1 is 1.22 bits per heavy atom. The monoisotopic (exact) mass is 261 g/mol. The van der Waals surface area contributed by atoms with E-state index in [1.165, 1.54) is 12.1 Å². The van der Waals surface area contributed by atoms with Gasteiger partial charge in [-0.1, -0.05) is 26.0 Å². The summed E-state index contributed by atoms with van der Waals surface area (Å²) in [5, 5.41) is 11.9. The number of halogens is 3. The van der Waals surface area contributed by atoms with Crippen molar-refractivity contribution < 1.29 is 18.3 Å². The predicted octanol–water partition coefficient (Wildman–Crippen LogP) is 3.38. The number of aliphatic hydroxyl groups is 1. The van der Waals surface area contributed by atoms with Crippen LogP contribution in [0.25, 0.3) is 0 Å². The zero-order valence-electron chi connectivity index (χ0n) is 10.5. The minimum atomic E-state index is -4.36. The van der Waals surface area contributed by atoms with E-state index in [1.807, 2.05) is 13.8 Å². The van der Waals surface area contributed by atoms with Crippen LogP contribution in [0.4, 0.5) is 18.9 Å². The fraction of sp³-hybridized carbons (Fsp3) is 0.538. The van der Waals surface area contributed by atoms with Crippen molar-refractivity contribution in [2.24, 2.45) is 11.8 Å². The molecule has 0 fully saturated rings. The van der Waals surface area contributed by atoms with E-state index in [1.54, 1.807) is 6.07 Å². The number of rotatable bonds is 5. The summed E-state index contributed by atoms with van der Waals surface area (Å²) in [4.78, 5) is 0. The minimum Gasteiger partial charge on any atom is -0.396 e. The molecule has 2 N–H and O–H groups in total. The number of alkyl halides is 3. The standard InChI is InChI=1S/C13H18F3NO/c1-9(2)10(8-18)7-17-12-6-4-3-5-11(12)13(14,15)16/h3-6,9-10,17-18H,7-8H2,1-2H3. The molecule has 0 aliphatic rings. The van der Waals surface area contributed by atoms with Gasteiger partial charge in [0.25, 0.3) is 0 Å². The molecule has 5 heteroatoms. The van der Waals surface area contributed by atoms with Gasteiger partial charge in [0.2, 0.25) is 0 Å². The fourth-order valence-corrected chi connectivity index (χ4v) is 1.64. The molecular weight excluding hydrogens is 243 g/mol. The van der Waals surface area contributed by atoms with Gasteiger partial charge in [-0.2, -0.15) is 13.2 Å². The van der Waals surface area contributed by atoms with Gasteiger partial charge in [-0.25, -0.2) is 0 Å². The Labute approximate surface area is 105 Å². The first-order valence-corrected chi connectivity index (χ1v) is 5.87. The van der Waals surface area contributed by atoms with Crippen LogP contribution in [-0.2, 0) is 6.18 Å². The van der Waals surface area contributed by atoms with E-state index >= 15 is 0 Å². The van der Waals surface area contributed by atoms with Crippen LogP contribution in [0.2, 0.25) is 0 Å². The lowest BCUT2D eigenvalue weighted by atomic mass is 9.96. The van der Waals surface area contributed by atoms with Gasteiger partial charge >= 0.3 is 6.18 Å². The molecule has 18 heavy (non-hydrogen) atoms. The molecule has 0 amide bonds. The first-order chi connectivity index (χ1) is 8.36. The maximum absolute atomic E-state index is 12.7. The summed E-state index contributed by atoms with van der Waals surface area (Å²) in [6.45, 7) is 4.14. The van der Waals surface area contributed by atoms with Crippen molar-refractivity contribution in [3.63, 3.8) is 0 Å². The van der Waals surface area contributed by atoms with Crippen molar-refractivity contribution in [3.05, 3.63) is 29.8 Å². The van der Waals surface area contributed by atoms with E-state index in [9.17, 15) is 13.2 Å². The second kappa shape index (κ2) is 6.09. The third-order valence-corrected chi connectivity index (χ3v) is 2.96. The Morgan fingerprint density at radius 2 is 1.83 bits per heavy atom. The summed E-state index contributed by atoms with van der Waals surface area (Å²) >= 11 is 0. The lowest BCUT2D eigenvalue weighted by Crippen LogP contribution is -2.24. The van der Waals surface area contributed by atoms with Crippen LogP contribution >= 0.6 is 0 Å². The topological polar surface area (TPSA) is 32.3 Å². The molecular formula is C13H18F3NO. The second-order valence-corrected chi connectivity index (χ2v) is 4.61. The lowest BCUT2D eigenvalue weighted by Gasteiger charge is -2.21. The summed E-state index contributed by atoms with van der Waals surface area (Å²) in [5.74, 6) is 0.145. The van der Waals surface area contributed by atoms with Crippen molar-refractivity contribution >= 4 is 5.69 Å². The summed E-state index contributed by atoms with van der Waals surface area (Å²) in [5.41, 5.74) is -0.616. The third-order valence-electron chi connectivity index (χ3n) is 2.96. The van der Waals surface area contributed by atoms with Crippen molar-refractivity contribution in [2.45, 2.75) is 20.0 Å². The molecule has 0 heterocycles. The quantitative estimate of drug-likeness (QED) is 0.851. The Kier molecular flexibility index (Phi) is 5.02. The van der Waals surface area contributed by atoms with Gasteiger partial charge in [0.15, 0.2) is 0 Å². The predicted molar refractivity (Wildman–Crippen MR) is 65.3 cm³/mol. The molecule has 0 spiro atoms. The van der Waals surface area contributed by atoms with Gasteiger partial charge in [0, 0.05) is 24.8 Å². The number of nitrogens with one attached hydrogen (secondary N) is 1. The van der Waals surface area contributed by atoms with Gasteiger partial charge in [0.05, 0.1) is 5.56 Å². The van der Waals surface area contributed by atoms with Crippen LogP contribution in [0.1, 0.15) is 19.4 Å². The zero-order valence-corrected chi connectivity index (χ0v) is 10.5. The Bertz CT molecular complexity index is 377. The molecule has 0 radical (unpaired) electrons. The van der Waals surface area contributed by atoms with Crippen molar-refractivity contribution in [3.8, 4) is 0 Å². The van der Waals surface area contributed by atoms with Crippen LogP contribution < -0.4 is 5.32 Å². The number of para-hydroxylation sites is 1. The van der Waals surface area contributed by atoms with Crippen LogP contribution in [0, 0.1) is 11.8 Å². The molecule has 102 valence electrons. The Hall–Kier alpha value is -1.23. The van der Waals surface area contributed by atoms with E-state index in [0.717, 1.165) is 6.07 Å². The third kappa shape index (κ3) is 3.91. The van der Waals surface area contributed by atoms with E-state index in [0.29, 0.717) is 6.54 Å². The smallest absolute Gasteiger partial charge is 0.396 e. The van der Waals surface area contributed by atoms with Gasteiger partial charge in [-0.15, -0.1) is 0 Å². The Balaban J connectivity index is 2.79. The average molecular weight is 261 g/mol. The molecule has 0 saturated carbocycles. The Morgan fingerprint density at radius 3 is 2.33 bits per heavy atom. The molecule has 0 aromatic heterocycles. The van der Waals surface area contributed by atoms with E-state index in [2.05, 4.69) is 5.32 Å². The molecule has 1 aromatic carbocycles. The van der Waals surface area contributed by atoms with Gasteiger partial charge in [-0.3, -0.25) is 0 Å². The van der Waals surface area contributed by atoms with E-state index < -0.39 is 11.7 Å². The number of hydrogen-bond acceptors (Lipinski definition) is 2. The molecule has 1 atom stereocenters. The molecule has 2 nitrogen and oxygen atoms in total. The highest BCUT2D eigenvalue weighted by atomic mass is 19.4. The highest BCUT2D eigenvalue weighted by Crippen LogP contribution is 2.34. The first kappa shape index (κ1) is 14.8. The minimum absolute atomic E-state index is 0.0428. The van der Waals surface area contributed by atoms with Crippen LogP contribution in [0.5, 0.6) is 0 Å². The molecule has 0 aliphatic carbocycles. The van der Waals surface area contributed by atoms with Crippen molar-refractivity contribution in [2.75, 3.05) is 18.5 Å². The molecule has 1 unspecified atom stereocenters. The fourth-order valence-electron chi connectivity index (χ4n) is 1.64. The summed E-state index contributed by atoms with van der Waals surface area (Å²) in [6.07, 6.45) is -4.36. The number of anilines is 1. The van der Waals surface area contributed by atoms with Crippen LogP contribution in [-0.4, -0.2) is 18.3 Å². The first-order valence-electron chi connectivity index (χ1n) is 5.87. The molecule has 1 aromatic rings. The highest BCUT2D eigenvalue weighted by Gasteiger charge is 2.33. The van der Waals surface area contributed by atoms with Crippen LogP contribution in [0.15, 0.2) is 24.3 Å². The van der Waals surface area contributed by atoms with Crippen molar-refractivity contribution in [1.29, 1.82) is 0 Å². The molecule has 1 rings (SSSR count). The number of hydrogen-bond donors (Lipinski definition) is 2. The SMILES string of the molecule is CC(C)C(CO)CNc1ccccc1C(F)(F)F. The zero-order chi connectivity index (χ0) is 13.8. The average Bonchev–Trinajstić information content (AvgIpc) is 2.28. The van der Waals surface area contributed by atoms with Gasteiger partial charge in [0.1, 0.15) is 0 Å². The summed E-state index contributed by atoms with van der Waals surface area (Å²) in [6, 6.07) is 5.37. The largest absolute Gasteiger partial charge is 0.418 e. The number of benzene rings is 1. The van der Waals surface area contributed by atoms with E-state index in [4.69, 9.17) is 5.11 Å². The van der Waals surface area contributed by atoms with Crippen molar-refractivity contribution in [1.82, 2.24) is 0 Å². The molecule has 0 bridgehead atoms. The lowest BCUT2D eigenvalue weighted by molar-refractivity contribution is -0.136. The summed E-state index contributed by atoms with van der Waals surface area (Å²) in [7, 11) is 0. The second-order valence-electron chi connectivity index (χ2n) is 4.61. The van der Waals surface area contributed by atoms with Gasteiger partial charge in [-0.05, 0) is 18.1 Å². The highest BCUT2D eigenvalue weighted by molar-refractivity contribution is 5.52. The van der Waals surface area contributed by atoms with E-state index in [-0.39, 0.29) is 24.1 Å².